The van der Waals surface area contributed by atoms with E-state index in [1.165, 1.54) is 167 Å². The summed E-state index contributed by atoms with van der Waals surface area (Å²) in [7, 11) is 1.62. The Labute approximate surface area is 465 Å². The third-order valence-corrected chi connectivity index (χ3v) is 14.9. The second kappa shape index (κ2) is 56.4. The van der Waals surface area contributed by atoms with E-state index in [0.29, 0.717) is 23.9 Å². The number of phosphoric acid groups is 1. The van der Waals surface area contributed by atoms with Crippen molar-refractivity contribution < 1.29 is 32.9 Å². The molecular formula is C66H122N2O6P+. The van der Waals surface area contributed by atoms with Gasteiger partial charge in [0.25, 0.3) is 0 Å². The van der Waals surface area contributed by atoms with Crippen LogP contribution in [0, 0.1) is 0 Å². The standard InChI is InChI=1S/C66H121N2O6P/c1-6-8-10-12-14-16-18-20-21-22-23-24-25-26-27-28-29-30-31-32-33-34-35-36-37-38-39-40-41-42-43-44-45-46-47-48-50-52-54-56-58-60-66(70)67-64(63-74-75(71,72)73-62-61-68(3,4)5)65(69)59-57-55-53-51-49-19-17-15-13-11-9-7-2/h8,10,14,16,20-21,23-24,26-27,29-30,32-33,64-65,69H,6-7,9,11-13,15,17-19,22,25,28,31,34-63H2,1-5H3,(H-,67,70,71,72)/p+1/b10-8-,16-14-,21-20-,24-23-,27-26-,30-29-,33-32-. The third kappa shape index (κ3) is 59.2. The molecule has 9 heteroatoms. The summed E-state index contributed by atoms with van der Waals surface area (Å²) >= 11 is 0. The van der Waals surface area contributed by atoms with E-state index in [0.717, 1.165) is 83.5 Å². The number of hydrogen-bond acceptors (Lipinski definition) is 5. The summed E-state index contributed by atoms with van der Waals surface area (Å²) in [6.45, 7) is 4.78. The van der Waals surface area contributed by atoms with Gasteiger partial charge in [0.05, 0.1) is 39.9 Å². The summed E-state index contributed by atoms with van der Waals surface area (Å²) < 4.78 is 23.7. The lowest BCUT2D eigenvalue weighted by atomic mass is 10.0. The molecule has 0 radical (unpaired) electrons. The average Bonchev–Trinajstić information content (AvgIpc) is 3.37. The first-order valence-electron chi connectivity index (χ1n) is 31.5. The molecule has 0 bridgehead atoms. The highest BCUT2D eigenvalue weighted by Crippen LogP contribution is 2.43. The monoisotopic (exact) mass is 1070 g/mol. The van der Waals surface area contributed by atoms with Gasteiger partial charge in [-0.3, -0.25) is 13.8 Å². The molecule has 0 aromatic rings. The molecule has 0 heterocycles. The summed E-state index contributed by atoms with van der Waals surface area (Å²) in [5, 5.41) is 14.0. The number of hydrogen-bond donors (Lipinski definition) is 3. The Morgan fingerprint density at radius 1 is 0.467 bits per heavy atom. The quantitative estimate of drug-likeness (QED) is 0.0243. The minimum Gasteiger partial charge on any atom is -0.391 e. The van der Waals surface area contributed by atoms with Gasteiger partial charge in [-0.15, -0.1) is 0 Å². The molecule has 8 nitrogen and oxygen atoms in total. The predicted octanol–water partition coefficient (Wildman–Crippen LogP) is 19.6. The third-order valence-electron chi connectivity index (χ3n) is 13.9. The van der Waals surface area contributed by atoms with E-state index < -0.39 is 20.0 Å². The molecule has 0 aliphatic carbocycles. The smallest absolute Gasteiger partial charge is 0.391 e. The lowest BCUT2D eigenvalue weighted by molar-refractivity contribution is -0.870. The van der Waals surface area contributed by atoms with Crippen molar-refractivity contribution in [2.75, 3.05) is 40.9 Å². The number of nitrogens with zero attached hydrogens (tertiary/aromatic N) is 1. The Morgan fingerprint density at radius 3 is 1.17 bits per heavy atom. The van der Waals surface area contributed by atoms with Gasteiger partial charge in [-0.25, -0.2) is 4.57 Å². The zero-order valence-electron chi connectivity index (χ0n) is 49.8. The largest absolute Gasteiger partial charge is 0.472 e. The van der Waals surface area contributed by atoms with Gasteiger partial charge in [0, 0.05) is 6.42 Å². The summed E-state index contributed by atoms with van der Waals surface area (Å²) in [4.78, 5) is 23.3. The molecule has 1 amide bonds. The van der Waals surface area contributed by atoms with E-state index in [1.54, 1.807) is 0 Å². The maximum absolute atomic E-state index is 13.0. The second-order valence-electron chi connectivity index (χ2n) is 22.4. The van der Waals surface area contributed by atoms with Gasteiger partial charge in [0.15, 0.2) is 0 Å². The Balaban J connectivity index is 3.89. The lowest BCUT2D eigenvalue weighted by Gasteiger charge is -2.26. The van der Waals surface area contributed by atoms with Gasteiger partial charge in [-0.2, -0.15) is 0 Å². The highest BCUT2D eigenvalue weighted by Gasteiger charge is 2.28. The molecule has 3 unspecified atom stereocenters. The SMILES string of the molecule is CC/C=C\C/C=C\C/C=C\C/C=C\C/C=C\C/C=C\C/C=C\CCCCCCCCCCCCCCCCCCCCCC(=O)NC(COP(=O)(O)OCC[N+](C)(C)C)C(O)CCCCCCCCCCCCCC. The normalized spacial score (nSPS) is 14.4. The Morgan fingerprint density at radius 2 is 0.800 bits per heavy atom. The lowest BCUT2D eigenvalue weighted by Crippen LogP contribution is -2.46. The number of phosphoric ester groups is 1. The van der Waals surface area contributed by atoms with Crippen molar-refractivity contribution in [3.05, 3.63) is 85.1 Å². The molecule has 0 aliphatic rings. The van der Waals surface area contributed by atoms with Crippen molar-refractivity contribution in [1.82, 2.24) is 5.32 Å². The molecule has 0 aliphatic heterocycles. The van der Waals surface area contributed by atoms with Crippen LogP contribution in [0.15, 0.2) is 85.1 Å². The molecule has 0 fully saturated rings. The maximum atomic E-state index is 13.0. The molecule has 0 spiro atoms. The number of carbonyl (C=O) groups is 1. The molecule has 0 aromatic heterocycles. The number of allylic oxidation sites excluding steroid dienone is 14. The number of rotatable bonds is 57. The minimum atomic E-state index is -4.32. The van der Waals surface area contributed by atoms with Crippen LogP contribution in [0.1, 0.15) is 277 Å². The molecule has 0 saturated carbocycles. The summed E-state index contributed by atoms with van der Waals surface area (Å²) in [6, 6.07) is -0.761. The van der Waals surface area contributed by atoms with E-state index in [1.807, 2.05) is 21.1 Å². The number of aliphatic hydroxyl groups excluding tert-OH is 1. The summed E-state index contributed by atoms with van der Waals surface area (Å²) in [6.07, 6.45) is 79.6. The first kappa shape index (κ1) is 72.7. The van der Waals surface area contributed by atoms with Gasteiger partial charge in [0.1, 0.15) is 13.2 Å². The van der Waals surface area contributed by atoms with Gasteiger partial charge < -0.3 is 19.8 Å². The molecule has 0 aromatic carbocycles. The number of nitrogens with one attached hydrogen (secondary N) is 1. The highest BCUT2D eigenvalue weighted by molar-refractivity contribution is 7.47. The first-order valence-corrected chi connectivity index (χ1v) is 32.9. The molecule has 75 heavy (non-hydrogen) atoms. The highest BCUT2D eigenvalue weighted by atomic mass is 31.2. The minimum absolute atomic E-state index is 0.0741. The topological polar surface area (TPSA) is 105 Å². The van der Waals surface area contributed by atoms with Crippen LogP contribution >= 0.6 is 7.82 Å². The number of likely N-dealkylation sites (N-methyl/N-ethyl adjacent to an activating group) is 1. The van der Waals surface area contributed by atoms with Gasteiger partial charge >= 0.3 is 7.82 Å². The van der Waals surface area contributed by atoms with Crippen LogP contribution in [-0.2, 0) is 18.4 Å². The molecule has 436 valence electrons. The number of unbranched alkanes of at least 4 members (excludes halogenated alkanes) is 30. The van der Waals surface area contributed by atoms with E-state index >= 15 is 0 Å². The molecule has 3 N–H and O–H groups in total. The van der Waals surface area contributed by atoms with Gasteiger partial charge in [-0.05, 0) is 70.6 Å². The van der Waals surface area contributed by atoms with Crippen molar-refractivity contribution in [2.45, 2.75) is 289 Å². The number of carbonyl (C=O) groups excluding carboxylic acids is 1. The van der Waals surface area contributed by atoms with E-state index in [9.17, 15) is 19.4 Å². The average molecular weight is 1070 g/mol. The zero-order valence-corrected chi connectivity index (χ0v) is 50.7. The van der Waals surface area contributed by atoms with Crippen molar-refractivity contribution >= 4 is 13.7 Å². The summed E-state index contributed by atoms with van der Waals surface area (Å²) in [5.74, 6) is -0.144. The summed E-state index contributed by atoms with van der Waals surface area (Å²) in [5.41, 5.74) is 0. The fraction of sp³-hybridized carbons (Fsp3) is 0.773. The van der Waals surface area contributed by atoms with E-state index in [-0.39, 0.29) is 19.1 Å². The second-order valence-corrected chi connectivity index (χ2v) is 23.9. The fourth-order valence-corrected chi connectivity index (χ4v) is 9.76. The van der Waals surface area contributed by atoms with Crippen LogP contribution in [0.5, 0.6) is 0 Å². The Bertz CT molecular complexity index is 1500. The van der Waals surface area contributed by atoms with Crippen molar-refractivity contribution in [2.24, 2.45) is 0 Å². The van der Waals surface area contributed by atoms with Crippen LogP contribution in [-0.4, -0.2) is 73.4 Å². The van der Waals surface area contributed by atoms with E-state index in [2.05, 4.69) is 104 Å². The van der Waals surface area contributed by atoms with Crippen molar-refractivity contribution in [3.8, 4) is 0 Å². The van der Waals surface area contributed by atoms with Crippen molar-refractivity contribution in [1.29, 1.82) is 0 Å². The molecule has 0 saturated heterocycles. The predicted molar refractivity (Wildman–Crippen MR) is 327 cm³/mol. The van der Waals surface area contributed by atoms with Crippen LogP contribution in [0.4, 0.5) is 0 Å². The van der Waals surface area contributed by atoms with Crippen LogP contribution < -0.4 is 5.32 Å². The van der Waals surface area contributed by atoms with Crippen LogP contribution in [0.3, 0.4) is 0 Å². The van der Waals surface area contributed by atoms with Crippen LogP contribution in [0.2, 0.25) is 0 Å². The molecule has 0 rings (SSSR count). The fourth-order valence-electron chi connectivity index (χ4n) is 9.03. The maximum Gasteiger partial charge on any atom is 0.472 e. The molecular weight excluding hydrogens is 948 g/mol. The Hall–Kier alpha value is -2.32. The van der Waals surface area contributed by atoms with E-state index in [4.69, 9.17) is 9.05 Å². The number of amides is 1. The van der Waals surface area contributed by atoms with Gasteiger partial charge in [0.2, 0.25) is 5.91 Å². The first-order chi connectivity index (χ1) is 36.5. The van der Waals surface area contributed by atoms with Gasteiger partial charge in [-0.1, -0.05) is 285 Å². The number of quaternary nitrogens is 1. The number of aliphatic hydroxyl groups is 1. The Kier molecular flexibility index (Phi) is 54.7. The molecule has 3 atom stereocenters. The van der Waals surface area contributed by atoms with Crippen LogP contribution in [0.25, 0.3) is 0 Å². The zero-order chi connectivity index (χ0) is 54.9. The van der Waals surface area contributed by atoms with Crippen molar-refractivity contribution in [3.63, 3.8) is 0 Å².